The van der Waals surface area contributed by atoms with Crippen LogP contribution < -0.4 is 4.90 Å². The molecule has 0 aliphatic carbocycles. The smallest absolute Gasteiger partial charge is 0.0671 e. The SMILES string of the molecule is CCCCC1(CCCC)CS(=O)c2ccc(N(C)C)cc2[C@@H](C)[C@H]1O. The summed E-state index contributed by atoms with van der Waals surface area (Å²) in [5.41, 5.74) is 1.93. The summed E-state index contributed by atoms with van der Waals surface area (Å²) in [4.78, 5) is 2.99. The predicted molar refractivity (Wildman–Crippen MR) is 108 cm³/mol. The van der Waals surface area contributed by atoms with E-state index in [-0.39, 0.29) is 11.3 Å². The number of aliphatic hydroxyl groups excluding tert-OH is 1. The first-order valence-corrected chi connectivity index (χ1v) is 11.1. The van der Waals surface area contributed by atoms with Gasteiger partial charge in [0.15, 0.2) is 0 Å². The lowest BCUT2D eigenvalue weighted by Crippen LogP contribution is -2.41. The van der Waals surface area contributed by atoms with Gasteiger partial charge in [-0.3, -0.25) is 4.21 Å². The van der Waals surface area contributed by atoms with Gasteiger partial charge in [0.25, 0.3) is 0 Å². The fourth-order valence-corrected chi connectivity index (χ4v) is 5.99. The van der Waals surface area contributed by atoms with E-state index in [4.69, 9.17) is 0 Å². The van der Waals surface area contributed by atoms with Crippen molar-refractivity contribution >= 4 is 16.5 Å². The minimum atomic E-state index is -1.05. The van der Waals surface area contributed by atoms with Crippen LogP contribution in [0.25, 0.3) is 0 Å². The molecule has 1 aliphatic rings. The number of benzene rings is 1. The lowest BCUT2D eigenvalue weighted by Gasteiger charge is -2.39. The molecule has 0 saturated heterocycles. The van der Waals surface area contributed by atoms with Crippen molar-refractivity contribution in [3.05, 3.63) is 23.8 Å². The Bertz CT molecular complexity index is 592. The van der Waals surface area contributed by atoms with Gasteiger partial charge >= 0.3 is 0 Å². The van der Waals surface area contributed by atoms with E-state index >= 15 is 0 Å². The van der Waals surface area contributed by atoms with Crippen LogP contribution in [0.1, 0.15) is 70.8 Å². The molecule has 0 radical (unpaired) electrons. The summed E-state index contributed by atoms with van der Waals surface area (Å²) in [7, 11) is 2.98. The molecule has 0 amide bonds. The minimum absolute atomic E-state index is 0.00932. The lowest BCUT2D eigenvalue weighted by atomic mass is 9.70. The molecule has 1 aromatic rings. The molecule has 1 aliphatic heterocycles. The van der Waals surface area contributed by atoms with Crippen LogP contribution in [-0.4, -0.2) is 35.3 Å². The van der Waals surface area contributed by atoms with Crippen LogP contribution in [0.5, 0.6) is 0 Å². The van der Waals surface area contributed by atoms with Gasteiger partial charge in [-0.15, -0.1) is 0 Å². The predicted octanol–water partition coefficient (Wildman–Crippen LogP) is 4.71. The van der Waals surface area contributed by atoms with Crippen molar-refractivity contribution in [2.45, 2.75) is 76.2 Å². The second-order valence-corrected chi connectivity index (χ2v) is 9.33. The summed E-state index contributed by atoms with van der Waals surface area (Å²) in [6, 6.07) is 6.18. The van der Waals surface area contributed by atoms with Gasteiger partial charge in [-0.25, -0.2) is 0 Å². The summed E-state index contributed by atoms with van der Waals surface area (Å²) in [5, 5.41) is 11.4. The van der Waals surface area contributed by atoms with Crippen LogP contribution >= 0.6 is 0 Å². The van der Waals surface area contributed by atoms with E-state index in [1.807, 2.05) is 26.2 Å². The van der Waals surface area contributed by atoms with Crippen LogP contribution in [-0.2, 0) is 10.8 Å². The third kappa shape index (κ3) is 4.28. The Morgan fingerprint density at radius 2 is 1.80 bits per heavy atom. The van der Waals surface area contributed by atoms with Crippen molar-refractivity contribution in [2.24, 2.45) is 5.41 Å². The maximum Gasteiger partial charge on any atom is 0.0671 e. The normalized spacial score (nSPS) is 25.3. The second-order valence-electron chi connectivity index (χ2n) is 7.91. The molecule has 0 fully saturated rings. The number of hydrogen-bond donors (Lipinski definition) is 1. The van der Waals surface area contributed by atoms with Crippen LogP contribution in [0.4, 0.5) is 5.69 Å². The van der Waals surface area contributed by atoms with Crippen LogP contribution in [0.2, 0.25) is 0 Å². The Hall–Kier alpha value is -0.870. The van der Waals surface area contributed by atoms with Crippen LogP contribution in [0, 0.1) is 5.41 Å². The number of hydrogen-bond acceptors (Lipinski definition) is 3. The first kappa shape index (κ1) is 20.4. The number of rotatable bonds is 7. The standard InChI is InChI=1S/C21H35NO2S/c1-6-8-12-21(13-9-7-2)15-25(24)19-11-10-17(22(4)5)14-18(19)16(3)20(21)23/h10-11,14,16,20,23H,6-9,12-13,15H2,1-5H3/t16-,20-,25?/m1/s1. The van der Waals surface area contributed by atoms with Gasteiger partial charge in [0.2, 0.25) is 0 Å². The molecule has 3 atom stereocenters. The quantitative estimate of drug-likeness (QED) is 0.761. The number of unbranched alkanes of at least 4 members (excludes halogenated alkanes) is 2. The molecule has 1 aromatic carbocycles. The molecule has 1 unspecified atom stereocenters. The van der Waals surface area contributed by atoms with E-state index in [2.05, 4.69) is 31.7 Å². The average molecular weight is 366 g/mol. The highest BCUT2D eigenvalue weighted by Crippen LogP contribution is 2.46. The number of aliphatic hydroxyl groups is 1. The molecule has 0 spiro atoms. The molecule has 1 N–H and O–H groups in total. The van der Waals surface area contributed by atoms with E-state index in [0.29, 0.717) is 5.75 Å². The molecular weight excluding hydrogens is 330 g/mol. The van der Waals surface area contributed by atoms with Crippen LogP contribution in [0.3, 0.4) is 0 Å². The summed E-state index contributed by atoms with van der Waals surface area (Å²) in [6.07, 6.45) is 5.89. The molecule has 0 bridgehead atoms. The minimum Gasteiger partial charge on any atom is -0.392 e. The van der Waals surface area contributed by atoms with Crippen molar-refractivity contribution < 1.29 is 9.32 Å². The molecule has 0 saturated carbocycles. The van der Waals surface area contributed by atoms with Gasteiger partial charge in [0.1, 0.15) is 0 Å². The fourth-order valence-electron chi connectivity index (χ4n) is 4.12. The number of nitrogens with zero attached hydrogens (tertiary/aromatic N) is 1. The van der Waals surface area contributed by atoms with E-state index < -0.39 is 16.9 Å². The zero-order valence-corrected chi connectivity index (χ0v) is 17.4. The molecule has 3 nitrogen and oxygen atoms in total. The van der Waals surface area contributed by atoms with Crippen molar-refractivity contribution in [1.29, 1.82) is 0 Å². The van der Waals surface area contributed by atoms with E-state index in [1.54, 1.807) is 0 Å². The summed E-state index contributed by atoms with van der Waals surface area (Å²) >= 11 is 0. The highest BCUT2D eigenvalue weighted by molar-refractivity contribution is 7.85. The van der Waals surface area contributed by atoms with Crippen molar-refractivity contribution in [1.82, 2.24) is 0 Å². The maximum absolute atomic E-state index is 13.2. The monoisotopic (exact) mass is 365 g/mol. The van der Waals surface area contributed by atoms with Gasteiger partial charge in [-0.2, -0.15) is 0 Å². The highest BCUT2D eigenvalue weighted by atomic mass is 32.2. The Morgan fingerprint density at radius 3 is 2.32 bits per heavy atom. The van der Waals surface area contributed by atoms with Gasteiger partial charge in [0, 0.05) is 41.8 Å². The third-order valence-corrected chi connectivity index (χ3v) is 7.52. The molecular formula is C21H35NO2S. The molecule has 2 rings (SSSR count). The molecule has 0 aromatic heterocycles. The van der Waals surface area contributed by atoms with E-state index in [0.717, 1.165) is 54.7 Å². The average Bonchev–Trinajstić information content (AvgIpc) is 2.68. The van der Waals surface area contributed by atoms with Crippen molar-refractivity contribution in [2.75, 3.05) is 24.7 Å². The fraction of sp³-hybridized carbons (Fsp3) is 0.714. The van der Waals surface area contributed by atoms with Gasteiger partial charge in [-0.05, 0) is 36.6 Å². The first-order valence-electron chi connectivity index (χ1n) is 9.74. The Kier molecular flexibility index (Phi) is 7.10. The van der Waals surface area contributed by atoms with E-state index in [1.165, 1.54) is 0 Å². The van der Waals surface area contributed by atoms with Gasteiger partial charge in [0.05, 0.1) is 16.9 Å². The van der Waals surface area contributed by atoms with Crippen molar-refractivity contribution in [3.63, 3.8) is 0 Å². The maximum atomic E-state index is 13.2. The number of fused-ring (bicyclic) bond motifs is 1. The topological polar surface area (TPSA) is 40.5 Å². The summed E-state index contributed by atoms with van der Waals surface area (Å²) in [6.45, 7) is 6.49. The molecule has 1 heterocycles. The lowest BCUT2D eigenvalue weighted by molar-refractivity contribution is 0.00842. The summed E-state index contributed by atoms with van der Waals surface area (Å²) in [5.74, 6) is 0.599. The first-order chi connectivity index (χ1) is 11.9. The second kappa shape index (κ2) is 8.68. The summed E-state index contributed by atoms with van der Waals surface area (Å²) < 4.78 is 13.2. The zero-order valence-electron chi connectivity index (χ0n) is 16.5. The van der Waals surface area contributed by atoms with Crippen LogP contribution in [0.15, 0.2) is 23.1 Å². The Labute approximate surface area is 156 Å². The largest absolute Gasteiger partial charge is 0.392 e. The molecule has 4 heteroatoms. The zero-order chi connectivity index (χ0) is 18.6. The van der Waals surface area contributed by atoms with E-state index in [9.17, 15) is 9.32 Å². The molecule has 142 valence electrons. The Balaban J connectivity index is 2.47. The van der Waals surface area contributed by atoms with Gasteiger partial charge in [-0.1, -0.05) is 46.5 Å². The van der Waals surface area contributed by atoms with Crippen molar-refractivity contribution in [3.8, 4) is 0 Å². The van der Waals surface area contributed by atoms with Gasteiger partial charge < -0.3 is 10.0 Å². The highest BCUT2D eigenvalue weighted by Gasteiger charge is 2.44. The Morgan fingerprint density at radius 1 is 1.20 bits per heavy atom. The third-order valence-electron chi connectivity index (χ3n) is 5.82. The number of anilines is 1. The molecule has 25 heavy (non-hydrogen) atoms.